The van der Waals surface area contributed by atoms with Crippen molar-refractivity contribution in [3.8, 4) is 5.75 Å². The van der Waals surface area contributed by atoms with Crippen LogP contribution >= 0.6 is 0 Å². The van der Waals surface area contributed by atoms with Gasteiger partial charge in [-0.1, -0.05) is 27.7 Å². The van der Waals surface area contributed by atoms with Gasteiger partial charge in [0.2, 0.25) is 0 Å². The normalized spacial score (nSPS) is 12.7. The molecule has 0 unspecified atom stereocenters. The molecule has 0 fully saturated rings. The summed E-state index contributed by atoms with van der Waals surface area (Å²) in [6.07, 6.45) is -9.91. The van der Waals surface area contributed by atoms with Gasteiger partial charge in [0.25, 0.3) is 0 Å². The van der Waals surface area contributed by atoms with E-state index in [1.165, 1.54) is 12.1 Å². The number of aromatic hydroxyl groups is 1. The smallest absolute Gasteiger partial charge is 0.417 e. The summed E-state index contributed by atoms with van der Waals surface area (Å²) in [5, 5.41) is 10.4. The third kappa shape index (κ3) is 4.74. The van der Waals surface area contributed by atoms with Gasteiger partial charge < -0.3 is 5.11 Å². The molecule has 0 aliphatic heterocycles. The SMILES string of the molecule is CC(C)c1cc(C(=O)c2cc(C(F)(F)F)ccc2C(F)(F)F)cc(C(C)C)c1O. The molecule has 0 saturated heterocycles. The number of halogens is 6. The molecule has 0 bridgehead atoms. The maximum Gasteiger partial charge on any atom is 0.417 e. The minimum atomic E-state index is -5.01. The number of carbonyl (C=O) groups excluding carboxylic acids is 1. The topological polar surface area (TPSA) is 37.3 Å². The molecule has 0 saturated carbocycles. The Hall–Kier alpha value is -2.51. The van der Waals surface area contributed by atoms with Gasteiger partial charge in [0.15, 0.2) is 5.78 Å². The minimum Gasteiger partial charge on any atom is -0.507 e. The molecule has 2 nitrogen and oxygen atoms in total. The number of carbonyl (C=O) groups is 1. The van der Waals surface area contributed by atoms with Gasteiger partial charge in [-0.3, -0.25) is 4.79 Å². The van der Waals surface area contributed by atoms with Crippen molar-refractivity contribution in [2.24, 2.45) is 0 Å². The highest BCUT2D eigenvalue weighted by Gasteiger charge is 2.39. The van der Waals surface area contributed by atoms with Crippen LogP contribution in [-0.2, 0) is 12.4 Å². The first-order valence-electron chi connectivity index (χ1n) is 8.84. The third-order valence-electron chi connectivity index (χ3n) is 4.57. The maximum absolute atomic E-state index is 13.4. The van der Waals surface area contributed by atoms with E-state index in [9.17, 15) is 36.2 Å². The molecule has 2 aromatic carbocycles. The first-order valence-corrected chi connectivity index (χ1v) is 8.84. The second-order valence-electron chi connectivity index (χ2n) is 7.40. The minimum absolute atomic E-state index is 0.0772. The second kappa shape index (κ2) is 7.72. The van der Waals surface area contributed by atoms with Crippen LogP contribution in [0.4, 0.5) is 26.3 Å². The lowest BCUT2D eigenvalue weighted by molar-refractivity contribution is -0.141. The summed E-state index contributed by atoms with van der Waals surface area (Å²) in [4.78, 5) is 12.9. The summed E-state index contributed by atoms with van der Waals surface area (Å²) >= 11 is 0. The Labute approximate surface area is 164 Å². The number of benzene rings is 2. The summed E-state index contributed by atoms with van der Waals surface area (Å²) in [7, 11) is 0. The quantitative estimate of drug-likeness (QED) is 0.433. The standard InChI is InChI=1S/C21H20F6O2/c1-10(2)14-7-12(8-15(11(3)4)19(14)29)18(28)16-9-13(20(22,23)24)5-6-17(16)21(25,26)27/h5-11,29H,1-4H3. The number of ketones is 1. The Morgan fingerprint density at radius 1 is 0.828 bits per heavy atom. The fourth-order valence-electron chi connectivity index (χ4n) is 3.00. The Bertz CT molecular complexity index is 895. The average Bonchev–Trinajstić information content (AvgIpc) is 2.58. The molecule has 0 aliphatic carbocycles. The third-order valence-corrected chi connectivity index (χ3v) is 4.57. The van der Waals surface area contributed by atoms with Crippen LogP contribution in [0.25, 0.3) is 0 Å². The number of rotatable bonds is 4. The molecule has 8 heteroatoms. The van der Waals surface area contributed by atoms with Crippen LogP contribution in [0.1, 0.15) is 77.7 Å². The Morgan fingerprint density at radius 3 is 1.69 bits per heavy atom. The number of hydrogen-bond acceptors (Lipinski definition) is 2. The molecule has 2 rings (SSSR count). The average molecular weight is 418 g/mol. The zero-order valence-corrected chi connectivity index (χ0v) is 16.2. The molecule has 158 valence electrons. The first kappa shape index (κ1) is 22.8. The van der Waals surface area contributed by atoms with Gasteiger partial charge in [-0.15, -0.1) is 0 Å². The predicted molar refractivity (Wildman–Crippen MR) is 96.2 cm³/mol. The molecule has 0 amide bonds. The first-order chi connectivity index (χ1) is 13.1. The van der Waals surface area contributed by atoms with E-state index < -0.39 is 34.8 Å². The lowest BCUT2D eigenvalue weighted by atomic mass is 9.88. The Morgan fingerprint density at radius 2 is 1.31 bits per heavy atom. The number of alkyl halides is 6. The van der Waals surface area contributed by atoms with Crippen LogP contribution in [0.3, 0.4) is 0 Å². The zero-order valence-electron chi connectivity index (χ0n) is 16.2. The summed E-state index contributed by atoms with van der Waals surface area (Å²) in [6, 6.07) is 3.25. The monoisotopic (exact) mass is 418 g/mol. The molecule has 0 spiro atoms. The van der Waals surface area contributed by atoms with Crippen molar-refractivity contribution in [2.45, 2.75) is 51.9 Å². The second-order valence-corrected chi connectivity index (χ2v) is 7.40. The van der Waals surface area contributed by atoms with Gasteiger partial charge in [-0.25, -0.2) is 0 Å². The molecule has 0 radical (unpaired) electrons. The van der Waals surface area contributed by atoms with E-state index in [-0.39, 0.29) is 35.3 Å². The molecule has 0 heterocycles. The van der Waals surface area contributed by atoms with Crippen molar-refractivity contribution in [2.75, 3.05) is 0 Å². The molecule has 2 aromatic rings. The molecule has 1 N–H and O–H groups in total. The van der Waals surface area contributed by atoms with Crippen molar-refractivity contribution >= 4 is 5.78 Å². The number of hydrogen-bond donors (Lipinski definition) is 1. The Balaban J connectivity index is 2.77. The van der Waals surface area contributed by atoms with Crippen molar-refractivity contribution in [3.63, 3.8) is 0 Å². The van der Waals surface area contributed by atoms with Crippen LogP contribution in [0.15, 0.2) is 30.3 Å². The fraction of sp³-hybridized carbons (Fsp3) is 0.381. The Kier molecular flexibility index (Phi) is 6.07. The van der Waals surface area contributed by atoms with E-state index in [0.717, 1.165) is 0 Å². The van der Waals surface area contributed by atoms with Crippen LogP contribution in [0, 0.1) is 0 Å². The lowest BCUT2D eigenvalue weighted by Gasteiger charge is -2.19. The van der Waals surface area contributed by atoms with Gasteiger partial charge in [0.1, 0.15) is 5.75 Å². The van der Waals surface area contributed by atoms with Crippen LogP contribution in [0.2, 0.25) is 0 Å². The summed E-state index contributed by atoms with van der Waals surface area (Å²) in [5.41, 5.74) is -3.41. The van der Waals surface area contributed by atoms with Crippen molar-refractivity contribution in [1.82, 2.24) is 0 Å². The predicted octanol–water partition coefficient (Wildman–Crippen LogP) is 6.91. The van der Waals surface area contributed by atoms with Gasteiger partial charge >= 0.3 is 12.4 Å². The van der Waals surface area contributed by atoms with Crippen LogP contribution in [0.5, 0.6) is 5.75 Å². The van der Waals surface area contributed by atoms with Crippen molar-refractivity contribution < 1.29 is 36.2 Å². The number of phenolic OH excluding ortho intramolecular Hbond substituents is 1. The van der Waals surface area contributed by atoms with Crippen LogP contribution in [-0.4, -0.2) is 10.9 Å². The number of phenols is 1. The fourth-order valence-corrected chi connectivity index (χ4v) is 3.00. The molecule has 0 aliphatic rings. The van der Waals surface area contributed by atoms with Gasteiger partial charge in [0.05, 0.1) is 11.1 Å². The van der Waals surface area contributed by atoms with E-state index in [2.05, 4.69) is 0 Å². The molecular weight excluding hydrogens is 398 g/mol. The summed E-state index contributed by atoms with van der Waals surface area (Å²) in [5.74, 6) is -1.79. The van der Waals surface area contributed by atoms with Gasteiger partial charge in [0, 0.05) is 11.1 Å². The highest BCUT2D eigenvalue weighted by molar-refractivity contribution is 6.10. The lowest BCUT2D eigenvalue weighted by Crippen LogP contribution is -2.17. The molecule has 0 atom stereocenters. The molecule has 0 aromatic heterocycles. The molecule has 29 heavy (non-hydrogen) atoms. The van der Waals surface area contributed by atoms with Crippen molar-refractivity contribution in [1.29, 1.82) is 0 Å². The van der Waals surface area contributed by atoms with E-state index in [1.807, 2.05) is 0 Å². The van der Waals surface area contributed by atoms with Gasteiger partial charge in [-0.2, -0.15) is 26.3 Å². The largest absolute Gasteiger partial charge is 0.507 e. The summed E-state index contributed by atoms with van der Waals surface area (Å²) in [6.45, 7) is 6.88. The molecular formula is C21H20F6O2. The van der Waals surface area contributed by atoms with E-state index in [1.54, 1.807) is 27.7 Å². The van der Waals surface area contributed by atoms with E-state index >= 15 is 0 Å². The van der Waals surface area contributed by atoms with Gasteiger partial charge in [-0.05, 0) is 53.3 Å². The van der Waals surface area contributed by atoms with Crippen molar-refractivity contribution in [3.05, 3.63) is 63.7 Å². The highest BCUT2D eigenvalue weighted by Crippen LogP contribution is 2.39. The van der Waals surface area contributed by atoms with E-state index in [4.69, 9.17) is 0 Å². The highest BCUT2D eigenvalue weighted by atomic mass is 19.4. The van der Waals surface area contributed by atoms with Crippen LogP contribution < -0.4 is 0 Å². The summed E-state index contributed by atoms with van der Waals surface area (Å²) < 4.78 is 79.2. The maximum atomic E-state index is 13.4. The zero-order chi connectivity index (χ0) is 22.3. The van der Waals surface area contributed by atoms with E-state index in [0.29, 0.717) is 17.2 Å².